The van der Waals surface area contributed by atoms with E-state index < -0.39 is 41.0 Å². The van der Waals surface area contributed by atoms with Crippen LogP contribution in [0.1, 0.15) is 34.6 Å². The number of amides is 1. The number of thioether (sulfide) groups is 1. The van der Waals surface area contributed by atoms with Crippen molar-refractivity contribution in [3.8, 4) is 0 Å². The molecule has 0 saturated carbocycles. The van der Waals surface area contributed by atoms with E-state index in [2.05, 4.69) is 4.99 Å². The Labute approximate surface area is 128 Å². The zero-order chi connectivity index (χ0) is 16.4. The monoisotopic (exact) mass is 317 g/mol. The summed E-state index contributed by atoms with van der Waals surface area (Å²) in [6, 6.07) is -0.897. The molecule has 1 amide bonds. The Balaban J connectivity index is 2.77. The average molecular weight is 317 g/mol. The van der Waals surface area contributed by atoms with Crippen LogP contribution >= 0.6 is 11.8 Å². The molecule has 1 heterocycles. The number of carboxylic acids is 1. The van der Waals surface area contributed by atoms with Crippen molar-refractivity contribution in [2.75, 3.05) is 12.3 Å². The maximum atomic E-state index is 12.2. The summed E-state index contributed by atoms with van der Waals surface area (Å²) in [5, 5.41) is 20.6. The zero-order valence-corrected chi connectivity index (χ0v) is 13.7. The third-order valence-electron chi connectivity index (χ3n) is 2.78. The van der Waals surface area contributed by atoms with E-state index >= 15 is 0 Å². The average Bonchev–Trinajstić information content (AvgIpc) is 2.59. The molecular weight excluding hydrogens is 296 g/mol. The van der Waals surface area contributed by atoms with Gasteiger partial charge in [-0.3, -0.25) is 9.79 Å². The molecule has 21 heavy (non-hydrogen) atoms. The van der Waals surface area contributed by atoms with Crippen LogP contribution in [0.3, 0.4) is 0 Å². The number of carbonyl (C=O) groups excluding carboxylic acids is 1. The van der Waals surface area contributed by atoms with Crippen molar-refractivity contribution >= 4 is 29.7 Å². The summed E-state index contributed by atoms with van der Waals surface area (Å²) < 4.78 is 4.98. The molecule has 1 rings (SSSR count). The predicted octanol–water partition coefficient (Wildman–Crippen LogP) is 0.283. The van der Waals surface area contributed by atoms with Crippen molar-refractivity contribution in [2.45, 2.75) is 51.1 Å². The van der Waals surface area contributed by atoms with Crippen molar-refractivity contribution in [3.63, 3.8) is 0 Å². The normalized spacial score (nSPS) is 22.2. The van der Waals surface area contributed by atoms with Crippen LogP contribution < -0.4 is 5.11 Å². The Morgan fingerprint density at radius 1 is 1.48 bits per heavy atom. The van der Waals surface area contributed by atoms with E-state index in [0.717, 1.165) is 0 Å². The Hall–Kier alpha value is -1.44. The highest BCUT2D eigenvalue weighted by Crippen LogP contribution is 2.38. The van der Waals surface area contributed by atoms with Gasteiger partial charge in [0.25, 0.3) is 0 Å². The Kier molecular flexibility index (Phi) is 5.14. The van der Waals surface area contributed by atoms with Crippen LogP contribution in [0.15, 0.2) is 4.99 Å². The number of aliphatic imine (C=N–C) groups is 1. The minimum absolute atomic E-state index is 0.320. The second-order valence-corrected chi connectivity index (χ2v) is 7.79. The van der Waals surface area contributed by atoms with Crippen molar-refractivity contribution in [1.29, 1.82) is 0 Å². The third kappa shape index (κ3) is 4.80. The van der Waals surface area contributed by atoms with Crippen LogP contribution in [0.4, 0.5) is 0 Å². The fourth-order valence-corrected chi connectivity index (χ4v) is 3.19. The number of aliphatic carboxylic acids is 1. The number of rotatable bonds is 3. The van der Waals surface area contributed by atoms with Gasteiger partial charge in [-0.1, -0.05) is 20.8 Å². The van der Waals surface area contributed by atoms with Crippen molar-refractivity contribution in [3.05, 3.63) is 0 Å². The maximum absolute atomic E-state index is 12.2. The molecule has 0 aromatic rings. The second-order valence-electron chi connectivity index (χ2n) is 6.17. The van der Waals surface area contributed by atoms with E-state index in [0.29, 0.717) is 5.75 Å². The molecule has 0 aromatic carbocycles. The van der Waals surface area contributed by atoms with Gasteiger partial charge in [0, 0.05) is 11.4 Å². The number of hydrogen-bond acceptors (Lipinski definition) is 6. The minimum atomic E-state index is -1.06. The third-order valence-corrected chi connectivity index (χ3v) is 4.16. The van der Waals surface area contributed by atoms with E-state index in [1.807, 2.05) is 0 Å². The van der Waals surface area contributed by atoms with Crippen LogP contribution in [0, 0.1) is 0 Å². The number of carbonyl (C=O) groups is 2. The van der Waals surface area contributed by atoms with Crippen LogP contribution in [0.5, 0.6) is 0 Å². The van der Waals surface area contributed by atoms with Crippen LogP contribution in [0.2, 0.25) is 0 Å². The Bertz CT molecular complexity index is 456. The Morgan fingerprint density at radius 2 is 2.05 bits per heavy atom. The molecule has 1 aliphatic heterocycles. The van der Waals surface area contributed by atoms with Gasteiger partial charge >= 0.3 is 5.97 Å². The van der Waals surface area contributed by atoms with E-state index in [1.54, 1.807) is 34.6 Å². The first-order valence-electron chi connectivity index (χ1n) is 6.53. The summed E-state index contributed by atoms with van der Waals surface area (Å²) >= 11 is 1.38. The van der Waals surface area contributed by atoms with Gasteiger partial charge in [0.05, 0.1) is 4.87 Å². The summed E-state index contributed by atoms with van der Waals surface area (Å²) in [6.45, 7) is 8.22. The summed E-state index contributed by atoms with van der Waals surface area (Å²) in [6.07, 6.45) is -0.826. The lowest BCUT2D eigenvalue weighted by molar-refractivity contribution is -0.260. The van der Waals surface area contributed by atoms with Gasteiger partial charge in [0.15, 0.2) is 0 Å². The van der Waals surface area contributed by atoms with Gasteiger partial charge in [-0.2, -0.15) is 0 Å². The van der Waals surface area contributed by atoms with Gasteiger partial charge in [-0.25, -0.2) is 4.79 Å². The van der Waals surface area contributed by atoms with Crippen molar-refractivity contribution in [1.82, 2.24) is 4.90 Å². The van der Waals surface area contributed by atoms with E-state index in [4.69, 9.17) is 9.84 Å². The largest absolute Gasteiger partial charge is 0.595 e. The van der Waals surface area contributed by atoms with Gasteiger partial charge in [-0.15, -0.1) is 11.8 Å². The molecule has 120 valence electrons. The van der Waals surface area contributed by atoms with Crippen molar-refractivity contribution < 1.29 is 24.5 Å². The molecule has 0 bridgehead atoms. The first-order chi connectivity index (χ1) is 9.44. The number of hydrogen-bond donors (Lipinski definition) is 1. The summed E-state index contributed by atoms with van der Waals surface area (Å²) in [4.78, 5) is 27.6. The summed E-state index contributed by atoms with van der Waals surface area (Å²) in [5.74, 6) is -1.23. The van der Waals surface area contributed by atoms with Crippen molar-refractivity contribution in [2.24, 2.45) is 4.99 Å². The van der Waals surface area contributed by atoms with Gasteiger partial charge in [0.2, 0.25) is 5.91 Å². The fourth-order valence-electron chi connectivity index (χ4n) is 1.96. The molecule has 1 atom stereocenters. The highest BCUT2D eigenvalue weighted by atomic mass is 32.2. The molecule has 0 aliphatic carbocycles. The molecule has 1 N–H and O–H groups in total. The number of carboxylic acid groups (broad SMARTS) is 1. The quantitative estimate of drug-likeness (QED) is 0.592. The smallest absolute Gasteiger partial charge is 0.327 e. The fraction of sp³-hybridized carbons (Fsp3) is 0.769. The molecular formula is C13H21N2O5S-. The maximum Gasteiger partial charge on any atom is 0.327 e. The highest BCUT2D eigenvalue weighted by Gasteiger charge is 2.46. The minimum Gasteiger partial charge on any atom is -0.595 e. The molecule has 1 unspecified atom stereocenters. The first kappa shape index (κ1) is 17.6. The van der Waals surface area contributed by atoms with E-state index in [-0.39, 0.29) is 0 Å². The predicted molar refractivity (Wildman–Crippen MR) is 77.9 cm³/mol. The molecule has 8 heteroatoms. The van der Waals surface area contributed by atoms with Crippen LogP contribution in [-0.4, -0.2) is 56.8 Å². The summed E-state index contributed by atoms with van der Waals surface area (Å²) in [5.41, 5.74) is -0.685. The lowest BCUT2D eigenvalue weighted by atomic mass is 10.2. The second kappa shape index (κ2) is 6.13. The number of nitrogens with zero attached hydrogens (tertiary/aromatic N) is 2. The topological polar surface area (TPSA) is 102 Å². The molecule has 0 spiro atoms. The molecule has 1 aliphatic rings. The van der Waals surface area contributed by atoms with Crippen LogP contribution in [-0.2, 0) is 14.3 Å². The molecule has 0 aromatic heterocycles. The first-order valence-corrected chi connectivity index (χ1v) is 7.52. The zero-order valence-electron chi connectivity index (χ0n) is 12.9. The molecule has 1 saturated heterocycles. The Morgan fingerprint density at radius 3 is 2.52 bits per heavy atom. The molecule has 1 fully saturated rings. The van der Waals surface area contributed by atoms with Gasteiger partial charge in [0.1, 0.15) is 18.7 Å². The molecule has 0 radical (unpaired) electrons. The van der Waals surface area contributed by atoms with Gasteiger partial charge < -0.3 is 19.8 Å². The SMILES string of the molecule is CC(C)(C)OC([O-])=NCC(=O)N1C(C(=O)O)CSC1(C)C. The van der Waals surface area contributed by atoms with Crippen LogP contribution in [0.25, 0.3) is 0 Å². The van der Waals surface area contributed by atoms with E-state index in [1.165, 1.54) is 16.7 Å². The highest BCUT2D eigenvalue weighted by molar-refractivity contribution is 8.00. The summed E-state index contributed by atoms with van der Waals surface area (Å²) in [7, 11) is 0. The van der Waals surface area contributed by atoms with Gasteiger partial charge in [-0.05, 0) is 13.8 Å². The molecule has 7 nitrogen and oxygen atoms in total. The lowest BCUT2D eigenvalue weighted by Gasteiger charge is -2.33. The number of ether oxygens (including phenoxy) is 1. The van der Waals surface area contributed by atoms with E-state index in [9.17, 15) is 14.7 Å². The standard InChI is InChI=1S/C13H22N2O5S/c1-12(2,3)20-11(19)14-6-9(16)15-8(10(17)18)7-21-13(15,4)5/h8H,6-7H2,1-5H3,(H,14,19)(H,17,18)/p-1. The lowest BCUT2D eigenvalue weighted by Crippen LogP contribution is -2.50.